The maximum atomic E-state index is 13.0. The number of carbonyl (C=O) groups excluding carboxylic acids is 1. The Hall–Kier alpha value is -1.39. The third kappa shape index (κ3) is 3.75. The Morgan fingerprint density at radius 1 is 1.09 bits per heavy atom. The predicted octanol–water partition coefficient (Wildman–Crippen LogP) is 1.93. The molecule has 2 aliphatic rings. The standard InChI is InChI=1S/C19H28N2O2/c22-15-14-20-13-10-19(16-20)9-5-12-21(18(19)23)11-4-8-17-6-2-1-3-7-17/h1-3,6-7,22H,4-5,8-16H2/t19-/m1/s1. The molecule has 2 saturated heterocycles. The number of rotatable bonds is 6. The molecule has 1 amide bonds. The second kappa shape index (κ2) is 7.45. The van der Waals surface area contributed by atoms with Gasteiger partial charge >= 0.3 is 0 Å². The summed E-state index contributed by atoms with van der Waals surface area (Å²) in [6, 6.07) is 10.5. The van der Waals surface area contributed by atoms with Gasteiger partial charge in [0.15, 0.2) is 0 Å². The van der Waals surface area contributed by atoms with E-state index in [4.69, 9.17) is 5.11 Å². The largest absolute Gasteiger partial charge is 0.395 e. The van der Waals surface area contributed by atoms with Crippen LogP contribution < -0.4 is 0 Å². The molecule has 4 heteroatoms. The highest BCUT2D eigenvalue weighted by Crippen LogP contribution is 2.39. The highest BCUT2D eigenvalue weighted by Gasteiger charge is 2.47. The number of carbonyl (C=O) groups is 1. The fourth-order valence-electron chi connectivity index (χ4n) is 4.15. The summed E-state index contributed by atoms with van der Waals surface area (Å²) in [5, 5.41) is 9.12. The Morgan fingerprint density at radius 2 is 1.91 bits per heavy atom. The molecule has 0 bridgehead atoms. The van der Waals surface area contributed by atoms with Gasteiger partial charge in [-0.2, -0.15) is 0 Å². The smallest absolute Gasteiger partial charge is 0.230 e. The van der Waals surface area contributed by atoms with Gasteiger partial charge in [0.2, 0.25) is 5.91 Å². The van der Waals surface area contributed by atoms with Crippen molar-refractivity contribution in [2.24, 2.45) is 5.41 Å². The number of amides is 1. The average Bonchev–Trinajstić information content (AvgIpc) is 2.97. The van der Waals surface area contributed by atoms with Gasteiger partial charge < -0.3 is 10.0 Å². The Morgan fingerprint density at radius 3 is 2.70 bits per heavy atom. The van der Waals surface area contributed by atoms with Crippen LogP contribution in [0.5, 0.6) is 0 Å². The molecule has 0 aromatic heterocycles. The number of aliphatic hydroxyl groups excluding tert-OH is 1. The van der Waals surface area contributed by atoms with Crippen LogP contribution in [-0.4, -0.2) is 60.1 Å². The SMILES string of the molecule is O=C1N(CCCc2ccccc2)CCC[C@]12CCN(CCO)C2. The van der Waals surface area contributed by atoms with E-state index in [1.807, 2.05) is 6.07 Å². The van der Waals surface area contributed by atoms with E-state index in [1.165, 1.54) is 5.56 Å². The van der Waals surface area contributed by atoms with E-state index in [-0.39, 0.29) is 12.0 Å². The van der Waals surface area contributed by atoms with Crippen LogP contribution in [-0.2, 0) is 11.2 Å². The molecule has 0 saturated carbocycles. The molecule has 1 aromatic carbocycles. The van der Waals surface area contributed by atoms with Gasteiger partial charge in [0.05, 0.1) is 12.0 Å². The average molecular weight is 316 g/mol. The number of nitrogens with zero attached hydrogens (tertiary/aromatic N) is 2. The summed E-state index contributed by atoms with van der Waals surface area (Å²) in [5.41, 5.74) is 1.18. The molecule has 1 atom stereocenters. The fourth-order valence-corrected chi connectivity index (χ4v) is 4.15. The lowest BCUT2D eigenvalue weighted by molar-refractivity contribution is -0.145. The van der Waals surface area contributed by atoms with Gasteiger partial charge in [-0.25, -0.2) is 0 Å². The van der Waals surface area contributed by atoms with E-state index in [2.05, 4.69) is 34.1 Å². The van der Waals surface area contributed by atoms with E-state index in [0.717, 1.165) is 58.3 Å². The molecular weight excluding hydrogens is 288 g/mol. The molecular formula is C19H28N2O2. The van der Waals surface area contributed by atoms with Crippen LogP contribution in [0.2, 0.25) is 0 Å². The molecule has 0 unspecified atom stereocenters. The summed E-state index contributed by atoms with van der Waals surface area (Å²) in [6.07, 6.45) is 5.16. The minimum Gasteiger partial charge on any atom is -0.395 e. The summed E-state index contributed by atoms with van der Waals surface area (Å²) in [6.45, 7) is 4.45. The predicted molar refractivity (Wildman–Crippen MR) is 91.2 cm³/mol. The number of hydrogen-bond donors (Lipinski definition) is 1. The number of benzene rings is 1. The monoisotopic (exact) mass is 316 g/mol. The first-order chi connectivity index (χ1) is 11.2. The molecule has 4 nitrogen and oxygen atoms in total. The zero-order chi connectivity index (χ0) is 16.1. The van der Waals surface area contributed by atoms with Crippen molar-refractivity contribution in [1.82, 2.24) is 9.80 Å². The maximum absolute atomic E-state index is 13.0. The van der Waals surface area contributed by atoms with Crippen molar-refractivity contribution in [2.75, 3.05) is 39.3 Å². The van der Waals surface area contributed by atoms with Crippen LogP contribution >= 0.6 is 0 Å². The third-order valence-electron chi connectivity index (χ3n) is 5.41. The van der Waals surface area contributed by atoms with Crippen molar-refractivity contribution in [3.63, 3.8) is 0 Å². The molecule has 2 aliphatic heterocycles. The number of piperidine rings is 1. The quantitative estimate of drug-likeness (QED) is 0.872. The molecule has 1 N–H and O–H groups in total. The van der Waals surface area contributed by atoms with Crippen LogP contribution in [0, 0.1) is 5.41 Å². The third-order valence-corrected chi connectivity index (χ3v) is 5.41. The molecule has 23 heavy (non-hydrogen) atoms. The van der Waals surface area contributed by atoms with Gasteiger partial charge in [-0.1, -0.05) is 30.3 Å². The topological polar surface area (TPSA) is 43.8 Å². The van der Waals surface area contributed by atoms with Gasteiger partial charge in [0, 0.05) is 26.2 Å². The van der Waals surface area contributed by atoms with Crippen molar-refractivity contribution >= 4 is 5.91 Å². The van der Waals surface area contributed by atoms with Gasteiger partial charge in [0.25, 0.3) is 0 Å². The van der Waals surface area contributed by atoms with E-state index in [9.17, 15) is 4.79 Å². The number of aliphatic hydroxyl groups is 1. The zero-order valence-corrected chi connectivity index (χ0v) is 13.9. The number of β-amino-alcohol motifs (C(OH)–C–C–N with tert-alkyl or cyclic N) is 1. The second-order valence-corrected chi connectivity index (χ2v) is 7.01. The van der Waals surface area contributed by atoms with Gasteiger partial charge in [0.1, 0.15) is 0 Å². The Balaban J connectivity index is 1.53. The van der Waals surface area contributed by atoms with Gasteiger partial charge in [-0.15, -0.1) is 0 Å². The van der Waals surface area contributed by atoms with Gasteiger partial charge in [-0.3, -0.25) is 9.69 Å². The normalized spacial score (nSPS) is 25.4. The first-order valence-corrected chi connectivity index (χ1v) is 8.90. The molecule has 3 rings (SSSR count). The van der Waals surface area contributed by atoms with Crippen molar-refractivity contribution in [3.05, 3.63) is 35.9 Å². The highest BCUT2D eigenvalue weighted by molar-refractivity contribution is 5.84. The van der Waals surface area contributed by atoms with Gasteiger partial charge in [-0.05, 0) is 44.2 Å². The van der Waals surface area contributed by atoms with Crippen molar-refractivity contribution in [2.45, 2.75) is 32.1 Å². The zero-order valence-electron chi connectivity index (χ0n) is 13.9. The van der Waals surface area contributed by atoms with Crippen LogP contribution in [0.25, 0.3) is 0 Å². The van der Waals surface area contributed by atoms with Crippen molar-refractivity contribution < 1.29 is 9.90 Å². The van der Waals surface area contributed by atoms with Crippen LogP contribution in [0.4, 0.5) is 0 Å². The van der Waals surface area contributed by atoms with E-state index < -0.39 is 0 Å². The minimum atomic E-state index is -0.167. The summed E-state index contributed by atoms with van der Waals surface area (Å²) < 4.78 is 0. The van der Waals surface area contributed by atoms with Crippen LogP contribution in [0.15, 0.2) is 30.3 Å². The Kier molecular flexibility index (Phi) is 5.34. The summed E-state index contributed by atoms with van der Waals surface area (Å²) >= 11 is 0. The lowest BCUT2D eigenvalue weighted by Gasteiger charge is -2.39. The second-order valence-electron chi connectivity index (χ2n) is 7.01. The lowest BCUT2D eigenvalue weighted by atomic mass is 9.78. The summed E-state index contributed by atoms with van der Waals surface area (Å²) in [5.74, 6) is 0.359. The molecule has 126 valence electrons. The Labute approximate surface area is 139 Å². The molecule has 0 aliphatic carbocycles. The Bertz CT molecular complexity index is 519. The van der Waals surface area contributed by atoms with E-state index in [0.29, 0.717) is 12.5 Å². The minimum absolute atomic E-state index is 0.167. The van der Waals surface area contributed by atoms with Crippen molar-refractivity contribution in [3.8, 4) is 0 Å². The maximum Gasteiger partial charge on any atom is 0.230 e. The molecule has 2 fully saturated rings. The summed E-state index contributed by atoms with van der Waals surface area (Å²) in [4.78, 5) is 17.3. The fraction of sp³-hybridized carbons (Fsp3) is 0.632. The molecule has 1 aromatic rings. The molecule has 0 radical (unpaired) electrons. The van der Waals surface area contributed by atoms with E-state index >= 15 is 0 Å². The van der Waals surface area contributed by atoms with E-state index in [1.54, 1.807) is 0 Å². The molecule has 2 heterocycles. The highest BCUT2D eigenvalue weighted by atomic mass is 16.3. The number of likely N-dealkylation sites (tertiary alicyclic amines) is 2. The summed E-state index contributed by atoms with van der Waals surface area (Å²) in [7, 11) is 0. The molecule has 1 spiro atoms. The number of aryl methyl sites for hydroxylation is 1. The first kappa shape index (κ1) is 16.5. The van der Waals surface area contributed by atoms with Crippen LogP contribution in [0.3, 0.4) is 0 Å². The van der Waals surface area contributed by atoms with Crippen LogP contribution in [0.1, 0.15) is 31.2 Å². The number of hydrogen-bond acceptors (Lipinski definition) is 3. The van der Waals surface area contributed by atoms with Crippen molar-refractivity contribution in [1.29, 1.82) is 0 Å². The first-order valence-electron chi connectivity index (χ1n) is 8.90. The lowest BCUT2D eigenvalue weighted by Crippen LogP contribution is -2.50.